The summed E-state index contributed by atoms with van der Waals surface area (Å²) in [6.45, 7) is 11.5. The van der Waals surface area contributed by atoms with E-state index in [-0.39, 0.29) is 11.6 Å². The van der Waals surface area contributed by atoms with E-state index in [0.29, 0.717) is 6.61 Å². The number of aromatic nitrogens is 1. The number of aryl methyl sites for hydroxylation is 1. The van der Waals surface area contributed by atoms with Crippen LogP contribution in [0.5, 0.6) is 0 Å². The fourth-order valence-corrected chi connectivity index (χ4v) is 2.90. The highest BCUT2D eigenvalue weighted by atomic mass is 16.5. The van der Waals surface area contributed by atoms with Crippen molar-refractivity contribution in [1.82, 2.24) is 9.88 Å². The molecule has 148 valence electrons. The van der Waals surface area contributed by atoms with Crippen molar-refractivity contribution in [3.8, 4) is 6.07 Å². The second-order valence-electron chi connectivity index (χ2n) is 7.54. The van der Waals surface area contributed by atoms with Crippen molar-refractivity contribution < 1.29 is 19.1 Å². The first-order valence-corrected chi connectivity index (χ1v) is 8.77. The monoisotopic (exact) mass is 375 g/mol. The smallest absolute Gasteiger partial charge is 0.349 e. The molecule has 7 heteroatoms. The predicted molar refractivity (Wildman–Crippen MR) is 103 cm³/mol. The second kappa shape index (κ2) is 9.38. The van der Waals surface area contributed by atoms with Crippen LogP contribution in [0.2, 0.25) is 0 Å². The van der Waals surface area contributed by atoms with Gasteiger partial charge in [-0.3, -0.25) is 4.79 Å². The maximum Gasteiger partial charge on any atom is 0.349 e. The number of hydrogen-bond acceptors (Lipinski definition) is 5. The maximum absolute atomic E-state index is 12.2. The number of nitriles is 1. The summed E-state index contributed by atoms with van der Waals surface area (Å²) in [6.07, 6.45) is 1.49. The van der Waals surface area contributed by atoms with Crippen molar-refractivity contribution in [3.63, 3.8) is 0 Å². The van der Waals surface area contributed by atoms with E-state index in [0.717, 1.165) is 17.0 Å². The number of hydrogen-bond donors (Lipinski definition) is 1. The highest BCUT2D eigenvalue weighted by Crippen LogP contribution is 2.23. The average molecular weight is 375 g/mol. The van der Waals surface area contributed by atoms with Crippen molar-refractivity contribution in [2.24, 2.45) is 0 Å². The first-order chi connectivity index (χ1) is 12.5. The van der Waals surface area contributed by atoms with Gasteiger partial charge in [0.05, 0.1) is 12.6 Å². The zero-order valence-corrected chi connectivity index (χ0v) is 17.2. The molecular formula is C20H29N3O4. The average Bonchev–Trinajstić information content (AvgIpc) is 2.82. The van der Waals surface area contributed by atoms with E-state index in [2.05, 4.69) is 9.88 Å². The van der Waals surface area contributed by atoms with Gasteiger partial charge in [-0.15, -0.1) is 0 Å². The minimum atomic E-state index is -0.823. The summed E-state index contributed by atoms with van der Waals surface area (Å²) in [4.78, 5) is 23.9. The lowest BCUT2D eigenvalue weighted by molar-refractivity contribution is -0.144. The van der Waals surface area contributed by atoms with Crippen LogP contribution in [-0.2, 0) is 19.1 Å². The Kier molecular flexibility index (Phi) is 7.80. The van der Waals surface area contributed by atoms with Gasteiger partial charge in [0.15, 0.2) is 6.61 Å². The molecular weight excluding hydrogens is 346 g/mol. The Morgan fingerprint density at radius 2 is 2.00 bits per heavy atom. The summed E-state index contributed by atoms with van der Waals surface area (Å²) in [7, 11) is 1.64. The van der Waals surface area contributed by atoms with Gasteiger partial charge in [-0.1, -0.05) is 0 Å². The molecule has 7 nitrogen and oxygen atoms in total. The number of esters is 1. The Morgan fingerprint density at radius 1 is 1.37 bits per heavy atom. The molecule has 0 fully saturated rings. The molecule has 0 spiro atoms. The normalized spacial score (nSPS) is 13.0. The van der Waals surface area contributed by atoms with Crippen LogP contribution in [0.4, 0.5) is 0 Å². The zero-order chi connectivity index (χ0) is 20.8. The van der Waals surface area contributed by atoms with Gasteiger partial charge in [0.25, 0.3) is 5.91 Å². The number of rotatable bonds is 7. The Labute approximate surface area is 160 Å². The summed E-state index contributed by atoms with van der Waals surface area (Å²) < 4.78 is 12.3. The van der Waals surface area contributed by atoms with Gasteiger partial charge < -0.3 is 19.4 Å². The molecule has 0 aromatic carbocycles. The fourth-order valence-electron chi connectivity index (χ4n) is 2.90. The Morgan fingerprint density at radius 3 is 2.52 bits per heavy atom. The summed E-state index contributed by atoms with van der Waals surface area (Å²) >= 11 is 0. The number of carbonyl (C=O) groups is 2. The maximum atomic E-state index is 12.2. The predicted octanol–water partition coefficient (Wildman–Crippen LogP) is 2.68. The van der Waals surface area contributed by atoms with Gasteiger partial charge in [0.2, 0.25) is 0 Å². The van der Waals surface area contributed by atoms with E-state index in [1.807, 2.05) is 53.7 Å². The fraction of sp³-hybridized carbons (Fsp3) is 0.550. The number of amides is 1. The molecule has 0 unspecified atom stereocenters. The molecule has 1 aromatic rings. The van der Waals surface area contributed by atoms with Gasteiger partial charge in [0.1, 0.15) is 11.6 Å². The Hall–Kier alpha value is -2.59. The Balaban J connectivity index is 2.94. The van der Waals surface area contributed by atoms with E-state index in [1.165, 1.54) is 6.08 Å². The van der Waals surface area contributed by atoms with Crippen LogP contribution in [0, 0.1) is 25.2 Å². The molecule has 1 N–H and O–H groups in total. The van der Waals surface area contributed by atoms with Crippen LogP contribution in [0.15, 0.2) is 11.6 Å². The van der Waals surface area contributed by atoms with Crippen molar-refractivity contribution in [2.75, 3.05) is 20.3 Å². The molecule has 0 aliphatic rings. The van der Waals surface area contributed by atoms with E-state index in [4.69, 9.17) is 9.47 Å². The van der Waals surface area contributed by atoms with Crippen molar-refractivity contribution in [2.45, 2.75) is 53.1 Å². The quantitative estimate of drug-likeness (QED) is 0.449. The van der Waals surface area contributed by atoms with E-state index >= 15 is 0 Å². The summed E-state index contributed by atoms with van der Waals surface area (Å²) in [5.74, 6) is -1.24. The minimum Gasteiger partial charge on any atom is -0.451 e. The molecule has 0 aliphatic heterocycles. The third kappa shape index (κ3) is 6.57. The van der Waals surface area contributed by atoms with Crippen LogP contribution >= 0.6 is 0 Å². The van der Waals surface area contributed by atoms with Gasteiger partial charge in [-0.25, -0.2) is 4.79 Å². The molecule has 0 saturated carbocycles. The highest BCUT2D eigenvalue weighted by Gasteiger charge is 2.19. The number of nitrogens with one attached hydrogen (secondary N) is 1. The summed E-state index contributed by atoms with van der Waals surface area (Å²) in [6, 6.07) is 3.88. The molecule has 0 bridgehead atoms. The van der Waals surface area contributed by atoms with Gasteiger partial charge in [0, 0.05) is 24.0 Å². The van der Waals surface area contributed by atoms with Crippen LogP contribution in [0.1, 0.15) is 50.7 Å². The molecule has 0 radical (unpaired) electrons. The van der Waals surface area contributed by atoms with Gasteiger partial charge >= 0.3 is 5.97 Å². The number of methoxy groups -OCH3 is 1. The lowest BCUT2D eigenvalue weighted by atomic mass is 10.1. The molecule has 1 rings (SSSR count). The first kappa shape index (κ1) is 22.5. The third-order valence-electron chi connectivity index (χ3n) is 3.86. The van der Waals surface area contributed by atoms with Crippen molar-refractivity contribution in [1.29, 1.82) is 5.26 Å². The first-order valence-electron chi connectivity index (χ1n) is 8.77. The minimum absolute atomic E-state index is 0.121. The lowest BCUT2D eigenvalue weighted by Gasteiger charge is -2.20. The topological polar surface area (TPSA) is 93.3 Å². The molecule has 0 aliphatic carbocycles. The summed E-state index contributed by atoms with van der Waals surface area (Å²) in [5.41, 5.74) is 2.09. The van der Waals surface area contributed by atoms with E-state index < -0.39 is 24.0 Å². The van der Waals surface area contributed by atoms with Crippen LogP contribution in [0.25, 0.3) is 6.08 Å². The molecule has 27 heavy (non-hydrogen) atoms. The number of carbonyl (C=O) groups excluding carboxylic acids is 2. The zero-order valence-electron chi connectivity index (χ0n) is 17.2. The standard InChI is InChI=1S/C20H29N3O4/c1-13-8-16(15(3)23(13)14(2)11-26-7)9-17(10-21)19(25)27-12-18(24)22-20(4,5)6/h8-9,14H,11-12H2,1-7H3,(H,22,24)/b17-9+/t14-/m1/s1. The SMILES string of the molecule is COC[C@@H](C)n1c(C)cc(/C=C(\C#N)C(=O)OCC(=O)NC(C)(C)C)c1C. The van der Waals surface area contributed by atoms with Crippen LogP contribution in [-0.4, -0.2) is 42.3 Å². The molecule has 1 atom stereocenters. The lowest BCUT2D eigenvalue weighted by Crippen LogP contribution is -2.42. The second-order valence-corrected chi connectivity index (χ2v) is 7.54. The van der Waals surface area contributed by atoms with Crippen LogP contribution < -0.4 is 5.32 Å². The highest BCUT2D eigenvalue weighted by molar-refractivity contribution is 5.99. The van der Waals surface area contributed by atoms with Crippen LogP contribution in [0.3, 0.4) is 0 Å². The number of ether oxygens (including phenoxy) is 2. The third-order valence-corrected chi connectivity index (χ3v) is 3.86. The largest absolute Gasteiger partial charge is 0.451 e. The molecule has 0 saturated heterocycles. The van der Waals surface area contributed by atoms with E-state index in [1.54, 1.807) is 7.11 Å². The summed E-state index contributed by atoms with van der Waals surface area (Å²) in [5, 5.41) is 12.0. The van der Waals surface area contributed by atoms with Gasteiger partial charge in [-0.05, 0) is 59.2 Å². The molecule has 1 aromatic heterocycles. The Bertz CT molecular complexity index is 763. The number of nitrogens with zero attached hydrogens (tertiary/aromatic N) is 2. The van der Waals surface area contributed by atoms with Crippen molar-refractivity contribution in [3.05, 3.63) is 28.6 Å². The molecule has 1 amide bonds. The van der Waals surface area contributed by atoms with Crippen molar-refractivity contribution >= 4 is 18.0 Å². The molecule has 1 heterocycles. The van der Waals surface area contributed by atoms with E-state index in [9.17, 15) is 14.9 Å². The van der Waals surface area contributed by atoms with Gasteiger partial charge in [-0.2, -0.15) is 5.26 Å².